The number of unbranched alkanes of at least 4 members (excludes halogenated alkanes) is 1. The third-order valence-electron chi connectivity index (χ3n) is 12.2. The van der Waals surface area contributed by atoms with Gasteiger partial charge >= 0.3 is 17.9 Å². The minimum Gasteiger partial charge on any atom is -0.481 e. The third kappa shape index (κ3) is 27.8. The van der Waals surface area contributed by atoms with Gasteiger partial charge in [-0.1, -0.05) is 55.4 Å². The fourth-order valence-electron chi connectivity index (χ4n) is 8.02. The first-order valence-corrected chi connectivity index (χ1v) is 26.9. The number of nitrogens with two attached hydrogens (primary N) is 3. The van der Waals surface area contributed by atoms with Crippen molar-refractivity contribution in [3.05, 3.63) is 18.2 Å². The number of nitrogens with zero attached hydrogens (tertiary/aromatic N) is 1. The van der Waals surface area contributed by atoms with Gasteiger partial charge < -0.3 is 85.4 Å². The van der Waals surface area contributed by atoms with Gasteiger partial charge in [0.1, 0.15) is 54.4 Å². The van der Waals surface area contributed by atoms with Crippen molar-refractivity contribution in [2.45, 2.75) is 193 Å². The van der Waals surface area contributed by atoms with Crippen LogP contribution in [0.4, 0.5) is 0 Å². The predicted octanol–water partition coefficient (Wildman–Crippen LogP) is -3.11. The molecule has 1 aromatic rings. The van der Waals surface area contributed by atoms with Gasteiger partial charge in [-0.05, 0) is 82.1 Å². The Balaban J connectivity index is 3.36. The first kappa shape index (κ1) is 71.3. The summed E-state index contributed by atoms with van der Waals surface area (Å²) in [5.74, 6) is -15.3. The monoisotopic (exact) mass is 1150 g/mol. The van der Waals surface area contributed by atoms with Crippen LogP contribution < -0.4 is 65.1 Å². The smallest absolute Gasteiger partial charge is 0.326 e. The molecule has 456 valence electrons. The van der Waals surface area contributed by atoms with Gasteiger partial charge in [-0.3, -0.25) is 57.5 Å². The highest BCUT2D eigenvalue weighted by Gasteiger charge is 2.37. The molecule has 0 aliphatic carbocycles. The summed E-state index contributed by atoms with van der Waals surface area (Å²) in [6, 6.07) is -14.7. The zero-order chi connectivity index (χ0) is 61.8. The largest absolute Gasteiger partial charge is 0.481 e. The van der Waals surface area contributed by atoms with Gasteiger partial charge in [0.2, 0.25) is 59.1 Å². The van der Waals surface area contributed by atoms with Gasteiger partial charge in [-0.2, -0.15) is 0 Å². The molecule has 81 heavy (non-hydrogen) atoms. The molecule has 0 aromatic carbocycles. The summed E-state index contributed by atoms with van der Waals surface area (Å²) in [6.07, 6.45) is 0.491. The lowest BCUT2D eigenvalue weighted by Crippen LogP contribution is -2.61. The van der Waals surface area contributed by atoms with Crippen molar-refractivity contribution in [2.75, 3.05) is 6.54 Å². The number of primary amides is 1. The zero-order valence-electron chi connectivity index (χ0n) is 47.6. The molecule has 0 radical (unpaired) electrons. The van der Waals surface area contributed by atoms with E-state index in [-0.39, 0.29) is 56.4 Å². The molecule has 19 N–H and O–H groups in total. The van der Waals surface area contributed by atoms with Crippen LogP contribution in [0, 0.1) is 23.7 Å². The minimum absolute atomic E-state index is 0.0142. The summed E-state index contributed by atoms with van der Waals surface area (Å²) in [5.41, 5.74) is 17.5. The van der Waals surface area contributed by atoms with Crippen molar-refractivity contribution in [1.82, 2.24) is 57.8 Å². The van der Waals surface area contributed by atoms with Crippen LogP contribution in [0.1, 0.15) is 132 Å². The molecule has 1 aromatic heterocycles. The normalized spacial score (nSPS) is 15.0. The van der Waals surface area contributed by atoms with Crippen molar-refractivity contribution >= 4 is 77.0 Å². The van der Waals surface area contributed by atoms with E-state index in [1.807, 2.05) is 0 Å². The van der Waals surface area contributed by atoms with E-state index in [1.54, 1.807) is 55.4 Å². The van der Waals surface area contributed by atoms with Crippen molar-refractivity contribution in [3.63, 3.8) is 0 Å². The number of carboxylic acids is 3. The number of H-pyrrole nitrogens is 1. The Hall–Kier alpha value is -7.76. The SMILES string of the molecule is CC(C)C[C@H](NC(=O)[C@H](C)NC(=O)[C@H](CC(N)=O)NC(=O)[C@H](CC(=O)O)NC(=O)[C@H](CCC(=O)O)NC(=O)[C@@H](N)CC(C)C)C(=O)N[C@@H](CCCCN)C(=O)N[C@H](C(=O)N[C@@H](CC(C)C)C(=O)N[C@@H](Cc1cnc[nH]1)C(=O)O)C(C)C. The molecule has 0 aliphatic rings. The third-order valence-corrected chi connectivity index (χ3v) is 12.2. The average Bonchev–Trinajstić information content (AvgIpc) is 3.87. The lowest BCUT2D eigenvalue weighted by molar-refractivity contribution is -0.142. The number of carbonyl (C=O) groups is 13. The van der Waals surface area contributed by atoms with Crippen LogP contribution in [-0.4, -0.2) is 169 Å². The van der Waals surface area contributed by atoms with E-state index in [1.165, 1.54) is 19.4 Å². The van der Waals surface area contributed by atoms with Crippen molar-refractivity contribution in [3.8, 4) is 0 Å². The standard InChI is InChI=1S/C51H86N14O16/c1-24(2)16-30(53)43(72)58-32(13-14-39(67)68)44(73)62-36(21-40(69)70)49(78)61-35(20-38(54)66)46(75)57-28(9)42(71)60-33(17-25(3)4)47(76)59-31(12-10-11-15-52)45(74)65-41(27(7)8)50(79)63-34(18-26(5)6)48(77)64-37(51(80)81)19-29-22-55-23-56-29/h22-28,30-37,41H,10-21,52-53H2,1-9H3,(H2,54,66)(H,55,56)(H,57,75)(H,58,72)(H,59,76)(H,60,71)(H,61,78)(H,62,73)(H,63,79)(H,64,77)(H,65,74)(H,67,68)(H,69,70)(H,80,81)/t28-,30-,31-,32-,33-,34-,35-,36-,37-,41-/m0/s1. The van der Waals surface area contributed by atoms with Gasteiger partial charge in [-0.25, -0.2) is 9.78 Å². The number of amides is 10. The lowest BCUT2D eigenvalue weighted by atomic mass is 9.98. The summed E-state index contributed by atoms with van der Waals surface area (Å²) in [7, 11) is 0. The fourth-order valence-corrected chi connectivity index (χ4v) is 8.02. The van der Waals surface area contributed by atoms with Gasteiger partial charge in [0.15, 0.2) is 0 Å². The number of nitrogens with one attached hydrogen (secondary N) is 10. The molecule has 10 amide bonds. The minimum atomic E-state index is -1.99. The van der Waals surface area contributed by atoms with Crippen LogP contribution in [-0.2, 0) is 68.7 Å². The molecular formula is C51H86N14O16. The second-order valence-corrected chi connectivity index (χ2v) is 21.5. The summed E-state index contributed by atoms with van der Waals surface area (Å²) in [5, 5.41) is 50.6. The highest BCUT2D eigenvalue weighted by molar-refractivity contribution is 6.00. The zero-order valence-corrected chi connectivity index (χ0v) is 47.6. The van der Waals surface area contributed by atoms with E-state index in [9.17, 15) is 77.6 Å². The maximum Gasteiger partial charge on any atom is 0.326 e. The van der Waals surface area contributed by atoms with Crippen LogP contribution in [0.15, 0.2) is 12.5 Å². The molecule has 0 bridgehead atoms. The van der Waals surface area contributed by atoms with Crippen molar-refractivity contribution in [2.24, 2.45) is 40.9 Å². The molecule has 1 rings (SSSR count). The summed E-state index contributed by atoms with van der Waals surface area (Å²) in [4.78, 5) is 177. The van der Waals surface area contributed by atoms with E-state index >= 15 is 0 Å². The quantitative estimate of drug-likeness (QED) is 0.0290. The Morgan fingerprint density at radius 2 is 0.951 bits per heavy atom. The van der Waals surface area contributed by atoms with Crippen LogP contribution in [0.5, 0.6) is 0 Å². The lowest BCUT2D eigenvalue weighted by Gasteiger charge is -2.29. The number of aromatic nitrogens is 2. The Morgan fingerprint density at radius 3 is 1.42 bits per heavy atom. The van der Waals surface area contributed by atoms with E-state index < -0.39 is 169 Å². The molecule has 30 heteroatoms. The number of hydrogen-bond acceptors (Lipinski definition) is 16. The molecule has 0 saturated carbocycles. The first-order valence-electron chi connectivity index (χ1n) is 26.9. The van der Waals surface area contributed by atoms with Gasteiger partial charge in [0, 0.05) is 24.7 Å². The molecule has 10 atom stereocenters. The highest BCUT2D eigenvalue weighted by Crippen LogP contribution is 2.13. The Labute approximate surface area is 470 Å². The van der Waals surface area contributed by atoms with Gasteiger partial charge in [0.05, 0.1) is 25.2 Å². The number of hydrogen-bond donors (Lipinski definition) is 16. The molecule has 0 aliphatic heterocycles. The van der Waals surface area contributed by atoms with Crippen LogP contribution >= 0.6 is 0 Å². The first-order chi connectivity index (χ1) is 37.8. The topological polar surface area (TPSA) is 498 Å². The van der Waals surface area contributed by atoms with E-state index in [4.69, 9.17) is 17.2 Å². The number of carboxylic acid groups (broad SMARTS) is 3. The number of aromatic amines is 1. The molecular weight excluding hydrogens is 1060 g/mol. The van der Waals surface area contributed by atoms with Crippen molar-refractivity contribution < 1.29 is 77.6 Å². The number of carbonyl (C=O) groups excluding carboxylic acids is 10. The molecule has 0 fully saturated rings. The van der Waals surface area contributed by atoms with E-state index in [2.05, 4.69) is 57.8 Å². The molecule has 30 nitrogen and oxygen atoms in total. The Kier molecular flexibility index (Phi) is 31.5. The number of aliphatic carboxylic acids is 3. The molecule has 0 unspecified atom stereocenters. The maximum absolute atomic E-state index is 14.1. The maximum atomic E-state index is 14.1. The summed E-state index contributed by atoms with van der Waals surface area (Å²) < 4.78 is 0. The number of rotatable bonds is 39. The Morgan fingerprint density at radius 1 is 0.506 bits per heavy atom. The van der Waals surface area contributed by atoms with E-state index in [0.717, 1.165) is 0 Å². The fraction of sp³-hybridized carbons (Fsp3) is 0.686. The van der Waals surface area contributed by atoms with Gasteiger partial charge in [-0.15, -0.1) is 0 Å². The summed E-state index contributed by atoms with van der Waals surface area (Å²) >= 11 is 0. The molecule has 0 saturated heterocycles. The second-order valence-electron chi connectivity index (χ2n) is 21.5. The second kappa shape index (κ2) is 35.8. The van der Waals surface area contributed by atoms with Gasteiger partial charge in [0.25, 0.3) is 0 Å². The number of imidazole rings is 1. The van der Waals surface area contributed by atoms with Crippen LogP contribution in [0.3, 0.4) is 0 Å². The predicted molar refractivity (Wildman–Crippen MR) is 290 cm³/mol. The van der Waals surface area contributed by atoms with E-state index in [0.29, 0.717) is 18.5 Å². The molecule has 0 spiro atoms. The van der Waals surface area contributed by atoms with Crippen LogP contribution in [0.25, 0.3) is 0 Å². The van der Waals surface area contributed by atoms with Crippen molar-refractivity contribution in [1.29, 1.82) is 0 Å². The van der Waals surface area contributed by atoms with Crippen LogP contribution in [0.2, 0.25) is 0 Å². The average molecular weight is 1150 g/mol. The summed E-state index contributed by atoms with van der Waals surface area (Å²) in [6.45, 7) is 15.3. The molecule has 1 heterocycles. The highest BCUT2D eigenvalue weighted by atomic mass is 16.4. The Bertz CT molecular complexity index is 2310.